The van der Waals surface area contributed by atoms with Crippen molar-refractivity contribution in [3.63, 3.8) is 0 Å². The quantitative estimate of drug-likeness (QED) is 0.670. The smallest absolute Gasteiger partial charge is 0.144 e. The average Bonchev–Trinajstić information content (AvgIpc) is 2.70. The molecule has 0 aliphatic carbocycles. The monoisotopic (exact) mass is 295 g/mol. The molecule has 4 atom stereocenters. The summed E-state index contributed by atoms with van der Waals surface area (Å²) in [6.07, 6.45) is 3.25. The maximum Gasteiger partial charge on any atom is 0.144 e. The van der Waals surface area contributed by atoms with Crippen molar-refractivity contribution < 1.29 is 27.2 Å². The van der Waals surface area contributed by atoms with Gasteiger partial charge in [0.2, 0.25) is 0 Å². The fourth-order valence-corrected chi connectivity index (χ4v) is 4.01. The highest BCUT2D eigenvalue weighted by molar-refractivity contribution is 5.80. The van der Waals surface area contributed by atoms with Gasteiger partial charge in [0.25, 0.3) is 0 Å². The fourth-order valence-electron chi connectivity index (χ4n) is 4.01. The Hall–Kier alpha value is -0.900. The molecule has 4 heteroatoms. The first-order chi connectivity index (χ1) is 9.16. The second-order valence-corrected chi connectivity index (χ2v) is 6.06. The standard InChI is InChI=1S/C16H21NO2.ClH/c1-11(16(19)12-5-3-2-4-6-12)17-13-7-8-14(17)10-15(18)9-13;/h2-6,11,13-14,16,19H,7-10H2,1H3;1H. The van der Waals surface area contributed by atoms with Gasteiger partial charge in [0, 0.05) is 12.8 Å². The van der Waals surface area contributed by atoms with Crippen molar-refractivity contribution in [3.8, 4) is 0 Å². The summed E-state index contributed by atoms with van der Waals surface area (Å²) < 4.78 is 0. The normalized spacial score (nSPS) is 31.5. The molecule has 2 fully saturated rings. The van der Waals surface area contributed by atoms with Crippen LogP contribution >= 0.6 is 0 Å². The van der Waals surface area contributed by atoms with E-state index in [9.17, 15) is 9.90 Å². The van der Waals surface area contributed by atoms with Crippen LogP contribution in [-0.4, -0.2) is 29.0 Å². The number of Topliss-reactive ketones (excluding diaryl/α,β-unsaturated/α-hetero) is 1. The number of piperidine rings is 1. The molecule has 3 rings (SSSR count). The molecule has 110 valence electrons. The summed E-state index contributed by atoms with van der Waals surface area (Å²) >= 11 is 0. The number of carbonyl (C=O) groups is 1. The first-order valence-corrected chi connectivity index (χ1v) is 7.28. The van der Waals surface area contributed by atoms with E-state index in [4.69, 9.17) is 0 Å². The van der Waals surface area contributed by atoms with Crippen LogP contribution in [0, 0.1) is 0 Å². The summed E-state index contributed by atoms with van der Waals surface area (Å²) in [5.41, 5.74) is 0.985. The van der Waals surface area contributed by atoms with E-state index in [1.165, 1.54) is 4.90 Å². The minimum absolute atomic E-state index is 0. The number of benzene rings is 1. The minimum Gasteiger partial charge on any atom is -1.00 e. The molecule has 2 heterocycles. The maximum absolute atomic E-state index is 11.7. The Labute approximate surface area is 126 Å². The van der Waals surface area contributed by atoms with Crippen LogP contribution < -0.4 is 17.3 Å². The van der Waals surface area contributed by atoms with Gasteiger partial charge in [0.15, 0.2) is 0 Å². The Balaban J connectivity index is 0.00000147. The molecule has 0 radical (unpaired) electrons. The molecule has 2 aliphatic rings. The van der Waals surface area contributed by atoms with Crippen LogP contribution in [0.5, 0.6) is 0 Å². The summed E-state index contributed by atoms with van der Waals surface area (Å²) in [6.45, 7) is 2.12. The largest absolute Gasteiger partial charge is 1.00 e. The van der Waals surface area contributed by atoms with Gasteiger partial charge in [-0.05, 0) is 12.5 Å². The Morgan fingerprint density at radius 3 is 2.25 bits per heavy atom. The van der Waals surface area contributed by atoms with Crippen molar-refractivity contribution in [2.45, 2.75) is 56.8 Å². The number of halogens is 1. The van der Waals surface area contributed by atoms with Crippen molar-refractivity contribution >= 4 is 5.78 Å². The molecule has 0 amide bonds. The molecule has 1 aromatic carbocycles. The van der Waals surface area contributed by atoms with E-state index in [2.05, 4.69) is 6.92 Å². The third kappa shape index (κ3) is 2.76. The van der Waals surface area contributed by atoms with Crippen LogP contribution in [0.15, 0.2) is 30.3 Å². The number of aliphatic hydroxyl groups is 1. The van der Waals surface area contributed by atoms with Crippen LogP contribution in [-0.2, 0) is 4.79 Å². The van der Waals surface area contributed by atoms with Gasteiger partial charge in [-0.1, -0.05) is 30.3 Å². The zero-order valence-corrected chi connectivity index (χ0v) is 12.5. The van der Waals surface area contributed by atoms with Gasteiger partial charge in [-0.15, -0.1) is 0 Å². The van der Waals surface area contributed by atoms with Crippen molar-refractivity contribution in [2.75, 3.05) is 0 Å². The number of hydrogen-bond acceptors (Lipinski definition) is 2. The molecule has 0 spiro atoms. The number of ketones is 1. The second-order valence-electron chi connectivity index (χ2n) is 6.06. The van der Waals surface area contributed by atoms with Gasteiger partial charge < -0.3 is 22.4 Å². The van der Waals surface area contributed by atoms with Crippen LogP contribution in [0.2, 0.25) is 0 Å². The highest BCUT2D eigenvalue weighted by atomic mass is 35.5. The first kappa shape index (κ1) is 15.5. The van der Waals surface area contributed by atoms with Gasteiger partial charge in [-0.2, -0.15) is 0 Å². The third-order valence-electron chi connectivity index (χ3n) is 4.90. The van der Waals surface area contributed by atoms with Crippen LogP contribution in [0.1, 0.15) is 44.3 Å². The van der Waals surface area contributed by atoms with Gasteiger partial charge in [-0.3, -0.25) is 4.79 Å². The molecule has 4 unspecified atom stereocenters. The molecule has 0 saturated carbocycles. The number of fused-ring (bicyclic) bond motifs is 2. The lowest BCUT2D eigenvalue weighted by atomic mass is 9.95. The molecule has 2 bridgehead atoms. The Morgan fingerprint density at radius 2 is 1.70 bits per heavy atom. The summed E-state index contributed by atoms with van der Waals surface area (Å²) in [5.74, 6) is 0.414. The fraction of sp³-hybridized carbons (Fsp3) is 0.562. The molecule has 0 aromatic heterocycles. The maximum atomic E-state index is 11.7. The molecular formula is C16H22ClNO2. The highest BCUT2D eigenvalue weighted by Gasteiger charge is 2.47. The lowest BCUT2D eigenvalue weighted by Gasteiger charge is -2.37. The summed E-state index contributed by atoms with van der Waals surface area (Å²) in [7, 11) is 0. The van der Waals surface area contributed by atoms with E-state index in [-0.39, 0.29) is 18.4 Å². The molecule has 1 aromatic rings. The van der Waals surface area contributed by atoms with E-state index in [1.807, 2.05) is 30.3 Å². The van der Waals surface area contributed by atoms with Crippen molar-refractivity contribution in [1.29, 1.82) is 0 Å². The van der Waals surface area contributed by atoms with Gasteiger partial charge in [0.1, 0.15) is 17.9 Å². The van der Waals surface area contributed by atoms with Crippen molar-refractivity contribution in [2.24, 2.45) is 0 Å². The third-order valence-corrected chi connectivity index (χ3v) is 4.90. The molecular weight excluding hydrogens is 274 g/mol. The lowest BCUT2D eigenvalue weighted by Crippen LogP contribution is -3.21. The van der Waals surface area contributed by atoms with E-state index in [0.29, 0.717) is 30.7 Å². The first-order valence-electron chi connectivity index (χ1n) is 7.28. The molecule has 3 nitrogen and oxygen atoms in total. The van der Waals surface area contributed by atoms with Crippen molar-refractivity contribution in [1.82, 2.24) is 0 Å². The SMILES string of the molecule is CC(C(O)c1ccccc1)[NH+]1C2CCC1CC(=O)C2.[Cl-]. The van der Waals surface area contributed by atoms with E-state index >= 15 is 0 Å². The number of quaternary nitrogens is 1. The van der Waals surface area contributed by atoms with Gasteiger partial charge >= 0.3 is 0 Å². The summed E-state index contributed by atoms with van der Waals surface area (Å²) in [6, 6.07) is 10.9. The highest BCUT2D eigenvalue weighted by Crippen LogP contribution is 2.23. The molecule has 2 aliphatic heterocycles. The van der Waals surface area contributed by atoms with Crippen molar-refractivity contribution in [3.05, 3.63) is 35.9 Å². The molecule has 20 heavy (non-hydrogen) atoms. The number of rotatable bonds is 3. The number of hydrogen-bond donors (Lipinski definition) is 2. The molecule has 2 saturated heterocycles. The zero-order valence-electron chi connectivity index (χ0n) is 11.8. The van der Waals surface area contributed by atoms with Crippen LogP contribution in [0.25, 0.3) is 0 Å². The van der Waals surface area contributed by atoms with Crippen LogP contribution in [0.4, 0.5) is 0 Å². The Bertz CT molecular complexity index is 449. The summed E-state index contributed by atoms with van der Waals surface area (Å²) in [4.78, 5) is 13.1. The Kier molecular flexibility index (Phi) is 4.84. The number of carbonyl (C=O) groups excluding carboxylic acids is 1. The van der Waals surface area contributed by atoms with E-state index in [1.54, 1.807) is 0 Å². The predicted molar refractivity (Wildman–Crippen MR) is 72.9 cm³/mol. The zero-order chi connectivity index (χ0) is 13.4. The van der Waals surface area contributed by atoms with Gasteiger partial charge in [0.05, 0.1) is 24.9 Å². The Morgan fingerprint density at radius 1 is 1.15 bits per heavy atom. The lowest BCUT2D eigenvalue weighted by molar-refractivity contribution is -0.963. The second kappa shape index (κ2) is 6.25. The summed E-state index contributed by atoms with van der Waals surface area (Å²) in [5, 5.41) is 10.6. The number of aliphatic hydroxyl groups excluding tert-OH is 1. The molecule has 2 N–H and O–H groups in total. The van der Waals surface area contributed by atoms with E-state index < -0.39 is 6.10 Å². The predicted octanol–water partition coefficient (Wildman–Crippen LogP) is -2.11. The minimum atomic E-state index is -0.437. The number of nitrogens with one attached hydrogen (secondary N) is 1. The van der Waals surface area contributed by atoms with E-state index in [0.717, 1.165) is 18.4 Å². The topological polar surface area (TPSA) is 41.7 Å². The average molecular weight is 296 g/mol. The van der Waals surface area contributed by atoms with Crippen LogP contribution in [0.3, 0.4) is 0 Å². The van der Waals surface area contributed by atoms with Gasteiger partial charge in [-0.25, -0.2) is 0 Å².